The van der Waals surface area contributed by atoms with E-state index in [0.717, 1.165) is 52.5 Å². The maximum absolute atomic E-state index is 5.50. The second-order valence-corrected chi connectivity index (χ2v) is 7.25. The van der Waals surface area contributed by atoms with E-state index in [1.54, 1.807) is 17.5 Å². The van der Waals surface area contributed by atoms with Crippen LogP contribution in [0.25, 0.3) is 11.2 Å². The number of anilines is 1. The van der Waals surface area contributed by atoms with Gasteiger partial charge in [0.2, 0.25) is 5.95 Å². The number of fused-ring (bicyclic) bond motifs is 1. The third-order valence-corrected chi connectivity index (χ3v) is 6.15. The molecule has 3 N–H and O–H groups in total. The molecule has 3 aromatic heterocycles. The van der Waals surface area contributed by atoms with Crippen LogP contribution in [0, 0.1) is 19.3 Å². The third-order valence-electron chi connectivity index (χ3n) is 3.67. The van der Waals surface area contributed by atoms with E-state index in [1.807, 2.05) is 12.1 Å². The zero-order chi connectivity index (χ0) is 16.9. The molecule has 0 bridgehead atoms. The van der Waals surface area contributed by atoms with Gasteiger partial charge in [-0.3, -0.25) is 0 Å². The molecule has 0 aliphatic rings. The third kappa shape index (κ3) is 3.78. The molecule has 0 unspecified atom stereocenters. The van der Waals surface area contributed by atoms with Crippen molar-refractivity contribution in [3.63, 3.8) is 0 Å². The standard InChI is InChI=1S/C17H18BrN5S/c1-3-13-15(18)11(2)14(24-13)10-19-7-5-9-21-17-22-12-6-4-8-20-16(12)23-17/h1,4,6,8,19H,5,7,9-10H2,2H3,(H2,20,21,22,23). The van der Waals surface area contributed by atoms with Crippen molar-refractivity contribution in [3.05, 3.63) is 38.1 Å². The van der Waals surface area contributed by atoms with E-state index >= 15 is 0 Å². The van der Waals surface area contributed by atoms with Crippen LogP contribution in [0.5, 0.6) is 0 Å². The molecule has 0 aromatic carbocycles. The SMILES string of the molecule is C#Cc1sc(CNCCCNc2nc3ncccc3[nH]2)c(C)c1Br. The van der Waals surface area contributed by atoms with Gasteiger partial charge in [-0.15, -0.1) is 17.8 Å². The topological polar surface area (TPSA) is 65.6 Å². The Hall–Kier alpha value is -1.88. The van der Waals surface area contributed by atoms with Gasteiger partial charge in [-0.1, -0.05) is 5.92 Å². The van der Waals surface area contributed by atoms with Crippen LogP contribution in [0.2, 0.25) is 0 Å². The van der Waals surface area contributed by atoms with Crippen LogP contribution in [-0.2, 0) is 6.54 Å². The molecule has 0 amide bonds. The van der Waals surface area contributed by atoms with E-state index in [9.17, 15) is 0 Å². The minimum absolute atomic E-state index is 0.737. The van der Waals surface area contributed by atoms with Crippen LogP contribution in [0.3, 0.4) is 0 Å². The summed E-state index contributed by atoms with van der Waals surface area (Å²) in [6.07, 6.45) is 8.24. The Morgan fingerprint density at radius 2 is 2.29 bits per heavy atom. The molecule has 0 saturated carbocycles. The predicted octanol–water partition coefficient (Wildman–Crippen LogP) is 3.66. The molecule has 0 aliphatic heterocycles. The normalized spacial score (nSPS) is 10.9. The van der Waals surface area contributed by atoms with Crippen molar-refractivity contribution in [1.82, 2.24) is 20.3 Å². The summed E-state index contributed by atoms with van der Waals surface area (Å²) < 4.78 is 1.05. The lowest BCUT2D eigenvalue weighted by molar-refractivity contribution is 0.666. The molecule has 0 saturated heterocycles. The number of rotatable bonds is 7. The summed E-state index contributed by atoms with van der Waals surface area (Å²) in [5.74, 6) is 3.48. The number of terminal acetylenes is 1. The number of hydrogen-bond acceptors (Lipinski definition) is 5. The number of pyridine rings is 1. The predicted molar refractivity (Wildman–Crippen MR) is 103 cm³/mol. The Kier molecular flexibility index (Phi) is 5.51. The van der Waals surface area contributed by atoms with Gasteiger partial charge in [-0.25, -0.2) is 4.98 Å². The Morgan fingerprint density at radius 3 is 3.04 bits per heavy atom. The fourth-order valence-corrected chi connectivity index (χ4v) is 4.05. The number of aromatic nitrogens is 3. The number of imidazole rings is 1. The van der Waals surface area contributed by atoms with Crippen LogP contribution in [-0.4, -0.2) is 28.0 Å². The van der Waals surface area contributed by atoms with Crippen LogP contribution in [0.15, 0.2) is 22.8 Å². The van der Waals surface area contributed by atoms with E-state index in [1.165, 1.54) is 10.4 Å². The molecule has 124 valence electrons. The summed E-state index contributed by atoms with van der Waals surface area (Å²) in [5.41, 5.74) is 2.91. The average Bonchev–Trinajstić information content (AvgIpc) is 3.13. The zero-order valence-electron chi connectivity index (χ0n) is 13.3. The first-order chi connectivity index (χ1) is 11.7. The van der Waals surface area contributed by atoms with E-state index in [-0.39, 0.29) is 0 Å². The summed E-state index contributed by atoms with van der Waals surface area (Å²) in [5, 5.41) is 6.75. The maximum Gasteiger partial charge on any atom is 0.202 e. The van der Waals surface area contributed by atoms with Gasteiger partial charge in [0.15, 0.2) is 5.65 Å². The molecule has 3 rings (SSSR count). The highest BCUT2D eigenvalue weighted by atomic mass is 79.9. The molecule has 0 aliphatic carbocycles. The van der Waals surface area contributed by atoms with Crippen molar-refractivity contribution >= 4 is 44.4 Å². The highest BCUT2D eigenvalue weighted by Gasteiger charge is 2.10. The highest BCUT2D eigenvalue weighted by molar-refractivity contribution is 9.10. The molecule has 5 nitrogen and oxygen atoms in total. The average molecular weight is 404 g/mol. The summed E-state index contributed by atoms with van der Waals surface area (Å²) in [7, 11) is 0. The van der Waals surface area contributed by atoms with Crippen LogP contribution < -0.4 is 10.6 Å². The van der Waals surface area contributed by atoms with Gasteiger partial charge in [0.1, 0.15) is 0 Å². The number of H-pyrrole nitrogens is 1. The van der Waals surface area contributed by atoms with Crippen molar-refractivity contribution < 1.29 is 0 Å². The largest absolute Gasteiger partial charge is 0.356 e. The van der Waals surface area contributed by atoms with Crippen molar-refractivity contribution in [2.45, 2.75) is 19.9 Å². The van der Waals surface area contributed by atoms with E-state index in [4.69, 9.17) is 6.42 Å². The van der Waals surface area contributed by atoms with E-state index < -0.39 is 0 Å². The van der Waals surface area contributed by atoms with Gasteiger partial charge in [-0.2, -0.15) is 4.98 Å². The molecule has 0 spiro atoms. The lowest BCUT2D eigenvalue weighted by Crippen LogP contribution is -2.17. The smallest absolute Gasteiger partial charge is 0.202 e. The number of nitrogens with one attached hydrogen (secondary N) is 3. The number of halogens is 1. The van der Waals surface area contributed by atoms with E-state index in [0.29, 0.717) is 0 Å². The van der Waals surface area contributed by atoms with Gasteiger partial charge in [-0.05, 0) is 53.5 Å². The summed E-state index contributed by atoms with van der Waals surface area (Å²) in [6, 6.07) is 3.86. The quantitative estimate of drug-likeness (QED) is 0.415. The fourth-order valence-electron chi connectivity index (χ4n) is 2.35. The number of aromatic amines is 1. The van der Waals surface area contributed by atoms with Gasteiger partial charge in [0.25, 0.3) is 0 Å². The number of hydrogen-bond donors (Lipinski definition) is 3. The van der Waals surface area contributed by atoms with Crippen LogP contribution in [0.1, 0.15) is 21.7 Å². The first-order valence-corrected chi connectivity index (χ1v) is 9.29. The fraction of sp³-hybridized carbons (Fsp3) is 0.294. The monoisotopic (exact) mass is 403 g/mol. The van der Waals surface area contributed by atoms with Gasteiger partial charge < -0.3 is 15.6 Å². The molecule has 3 aromatic rings. The summed E-state index contributed by atoms with van der Waals surface area (Å²) in [4.78, 5) is 14.1. The summed E-state index contributed by atoms with van der Waals surface area (Å²) >= 11 is 5.22. The first-order valence-electron chi connectivity index (χ1n) is 7.68. The van der Waals surface area contributed by atoms with Gasteiger partial charge >= 0.3 is 0 Å². The molecule has 3 heterocycles. The zero-order valence-corrected chi connectivity index (χ0v) is 15.7. The number of thiophene rings is 1. The lowest BCUT2D eigenvalue weighted by Gasteiger charge is -2.05. The second-order valence-electron chi connectivity index (χ2n) is 5.35. The molecule has 24 heavy (non-hydrogen) atoms. The Balaban J connectivity index is 1.40. The molecule has 0 atom stereocenters. The maximum atomic E-state index is 5.50. The molecule has 7 heteroatoms. The number of nitrogens with zero attached hydrogens (tertiary/aromatic N) is 2. The Bertz CT molecular complexity index is 844. The van der Waals surface area contributed by atoms with Crippen molar-refractivity contribution in [1.29, 1.82) is 0 Å². The van der Waals surface area contributed by atoms with Crippen molar-refractivity contribution in [2.75, 3.05) is 18.4 Å². The minimum atomic E-state index is 0.737. The highest BCUT2D eigenvalue weighted by Crippen LogP contribution is 2.31. The molecule has 0 radical (unpaired) electrons. The Morgan fingerprint density at radius 1 is 1.42 bits per heavy atom. The van der Waals surface area contributed by atoms with Gasteiger partial charge in [0, 0.05) is 28.6 Å². The molecular formula is C17H18BrN5S. The van der Waals surface area contributed by atoms with Crippen LogP contribution in [0.4, 0.5) is 5.95 Å². The van der Waals surface area contributed by atoms with E-state index in [2.05, 4.69) is 54.4 Å². The minimum Gasteiger partial charge on any atom is -0.356 e. The Labute approximate surface area is 153 Å². The van der Waals surface area contributed by atoms with Crippen molar-refractivity contribution in [2.24, 2.45) is 0 Å². The van der Waals surface area contributed by atoms with Crippen LogP contribution >= 0.6 is 27.3 Å². The second kappa shape index (κ2) is 7.79. The van der Waals surface area contributed by atoms with Crippen molar-refractivity contribution in [3.8, 4) is 12.3 Å². The van der Waals surface area contributed by atoms with Gasteiger partial charge in [0.05, 0.1) is 10.4 Å². The lowest BCUT2D eigenvalue weighted by atomic mass is 10.2. The molecule has 0 fully saturated rings. The first kappa shape index (κ1) is 17.0. The molecular weight excluding hydrogens is 386 g/mol. The summed E-state index contributed by atoms with van der Waals surface area (Å²) in [6.45, 7) is 4.70.